The monoisotopic (exact) mass is 241 g/mol. The van der Waals surface area contributed by atoms with Crippen molar-refractivity contribution in [3.63, 3.8) is 0 Å². The summed E-state index contributed by atoms with van der Waals surface area (Å²) >= 11 is 0.645. The van der Waals surface area contributed by atoms with Crippen LogP contribution in [-0.4, -0.2) is 8.42 Å². The molecule has 1 aromatic carbocycles. The molecule has 0 spiro atoms. The number of benzene rings is 1. The zero-order valence-corrected chi connectivity index (χ0v) is 9.14. The Hall–Kier alpha value is -1.24. The summed E-state index contributed by atoms with van der Waals surface area (Å²) in [5.41, 5.74) is 0. The van der Waals surface area contributed by atoms with Crippen LogP contribution in [0.15, 0.2) is 39.3 Å². The molecule has 6 heteroatoms. The van der Waals surface area contributed by atoms with Gasteiger partial charge in [0.15, 0.2) is 0 Å². The summed E-state index contributed by atoms with van der Waals surface area (Å²) in [7, 11) is -3.80. The van der Waals surface area contributed by atoms with Crippen molar-refractivity contribution in [3.8, 4) is 0 Å². The van der Waals surface area contributed by atoms with Crippen LogP contribution >= 0.6 is 11.3 Å². The molecule has 0 radical (unpaired) electrons. The number of nitrogens with two attached hydrogens (primary N) is 1. The number of fused-ring (bicyclic) bond motifs is 1. The fraction of sp³-hybridized carbons (Fsp3) is 0. The van der Waals surface area contributed by atoms with Gasteiger partial charge in [0.2, 0.25) is 14.8 Å². The molecule has 0 aliphatic rings. The summed E-state index contributed by atoms with van der Waals surface area (Å²) in [6, 6.07) is 8.21. The van der Waals surface area contributed by atoms with Crippen LogP contribution < -0.4 is 9.88 Å². The van der Waals surface area contributed by atoms with E-state index in [1.54, 1.807) is 24.3 Å². The Morgan fingerprint density at radius 2 is 1.87 bits per heavy atom. The van der Waals surface area contributed by atoms with Gasteiger partial charge in [-0.15, -0.1) is 0 Å². The third kappa shape index (κ3) is 1.92. The fourth-order valence-corrected chi connectivity index (χ4v) is 2.90. The first-order chi connectivity index (χ1) is 6.98. The van der Waals surface area contributed by atoms with Crippen molar-refractivity contribution in [1.82, 2.24) is 0 Å². The van der Waals surface area contributed by atoms with Crippen LogP contribution in [0.5, 0.6) is 0 Å². The number of rotatable bonds is 1. The van der Waals surface area contributed by atoms with Crippen LogP contribution in [0.2, 0.25) is 0 Å². The van der Waals surface area contributed by atoms with Gasteiger partial charge in [0.1, 0.15) is 4.21 Å². The van der Waals surface area contributed by atoms with Crippen molar-refractivity contribution >= 4 is 32.1 Å². The Balaban J connectivity index is 2.91. The van der Waals surface area contributed by atoms with Crippen LogP contribution in [0.1, 0.15) is 0 Å². The molecule has 0 aliphatic heterocycles. The van der Waals surface area contributed by atoms with Crippen molar-refractivity contribution in [2.24, 2.45) is 5.14 Å². The standard InChI is InChI=1S/C9H7NO3S2/c10-15(12,13)8-5-6-3-1-2-4-7(6)9(11)14-8/h1-5H,(H2,10,12,13). The Labute approximate surface area is 90.0 Å². The molecule has 1 aromatic heterocycles. The molecule has 2 aromatic rings. The van der Waals surface area contributed by atoms with Gasteiger partial charge in [0.05, 0.1) is 0 Å². The molecule has 0 fully saturated rings. The lowest BCUT2D eigenvalue weighted by Gasteiger charge is -1.98. The molecule has 0 saturated heterocycles. The summed E-state index contributed by atoms with van der Waals surface area (Å²) < 4.78 is 21.8. The topological polar surface area (TPSA) is 77.2 Å². The van der Waals surface area contributed by atoms with Gasteiger partial charge in [0.25, 0.3) is 0 Å². The van der Waals surface area contributed by atoms with Gasteiger partial charge in [0, 0.05) is 5.39 Å². The van der Waals surface area contributed by atoms with Gasteiger partial charge in [-0.2, -0.15) is 0 Å². The van der Waals surface area contributed by atoms with E-state index in [4.69, 9.17) is 5.14 Å². The normalized spacial score (nSPS) is 11.8. The molecule has 78 valence electrons. The highest BCUT2D eigenvalue weighted by Crippen LogP contribution is 2.17. The molecule has 0 aliphatic carbocycles. The van der Waals surface area contributed by atoms with E-state index in [9.17, 15) is 13.2 Å². The number of primary sulfonamides is 1. The largest absolute Gasteiger partial charge is 0.277 e. The summed E-state index contributed by atoms with van der Waals surface area (Å²) in [5, 5.41) is 6.06. The van der Waals surface area contributed by atoms with Gasteiger partial charge in [-0.05, 0) is 17.5 Å². The smallest absolute Gasteiger partial charge is 0.247 e. The van der Waals surface area contributed by atoms with E-state index in [0.29, 0.717) is 22.1 Å². The van der Waals surface area contributed by atoms with E-state index in [-0.39, 0.29) is 8.95 Å². The van der Waals surface area contributed by atoms with E-state index < -0.39 is 10.0 Å². The molecule has 0 saturated carbocycles. The molecule has 0 amide bonds. The molecule has 0 atom stereocenters. The van der Waals surface area contributed by atoms with Crippen molar-refractivity contribution < 1.29 is 8.42 Å². The highest BCUT2D eigenvalue weighted by molar-refractivity contribution is 7.91. The van der Waals surface area contributed by atoms with E-state index in [1.807, 2.05) is 0 Å². The quantitative estimate of drug-likeness (QED) is 0.806. The molecule has 15 heavy (non-hydrogen) atoms. The maximum Gasteiger partial charge on any atom is 0.247 e. The van der Waals surface area contributed by atoms with Crippen molar-refractivity contribution in [1.29, 1.82) is 0 Å². The van der Waals surface area contributed by atoms with Crippen molar-refractivity contribution in [2.75, 3.05) is 0 Å². The second kappa shape index (κ2) is 3.41. The SMILES string of the molecule is NS(=O)(=O)c1cc2ccccc2c(=O)s1. The minimum atomic E-state index is -3.80. The first-order valence-corrected chi connectivity index (χ1v) is 6.40. The Bertz CT molecular complexity index is 673. The molecule has 0 bridgehead atoms. The van der Waals surface area contributed by atoms with Crippen molar-refractivity contribution in [2.45, 2.75) is 4.21 Å². The van der Waals surface area contributed by atoms with Crippen LogP contribution in [0, 0.1) is 0 Å². The lowest BCUT2D eigenvalue weighted by Crippen LogP contribution is -2.12. The minimum absolute atomic E-state index is 0.105. The number of hydrogen-bond acceptors (Lipinski definition) is 4. The lowest BCUT2D eigenvalue weighted by molar-refractivity contribution is 0.600. The van der Waals surface area contributed by atoms with Gasteiger partial charge < -0.3 is 0 Å². The Morgan fingerprint density at radius 1 is 1.20 bits per heavy atom. The molecular formula is C9H7NO3S2. The average molecular weight is 241 g/mol. The highest BCUT2D eigenvalue weighted by Gasteiger charge is 2.11. The first kappa shape index (κ1) is 10.3. The van der Waals surface area contributed by atoms with Gasteiger partial charge in [-0.25, -0.2) is 13.6 Å². The van der Waals surface area contributed by atoms with Crippen molar-refractivity contribution in [3.05, 3.63) is 39.9 Å². The van der Waals surface area contributed by atoms with E-state index in [0.717, 1.165) is 0 Å². The van der Waals surface area contributed by atoms with Gasteiger partial charge in [-0.1, -0.05) is 29.5 Å². The van der Waals surface area contributed by atoms with E-state index in [1.165, 1.54) is 6.07 Å². The van der Waals surface area contributed by atoms with Crippen LogP contribution in [0.3, 0.4) is 0 Å². The van der Waals surface area contributed by atoms with Gasteiger partial charge >= 0.3 is 0 Å². The first-order valence-electron chi connectivity index (χ1n) is 4.04. The Morgan fingerprint density at radius 3 is 2.53 bits per heavy atom. The van der Waals surface area contributed by atoms with Gasteiger partial charge in [-0.3, -0.25) is 4.79 Å². The van der Waals surface area contributed by atoms with Crippen LogP contribution in [0.4, 0.5) is 0 Å². The molecule has 0 unspecified atom stereocenters. The average Bonchev–Trinajstić information content (AvgIpc) is 2.16. The second-order valence-corrected chi connectivity index (χ2v) is 5.79. The second-order valence-electron chi connectivity index (χ2n) is 2.99. The fourth-order valence-electron chi connectivity index (χ4n) is 1.25. The zero-order chi connectivity index (χ0) is 11.1. The predicted molar refractivity (Wildman–Crippen MR) is 59.5 cm³/mol. The minimum Gasteiger partial charge on any atom is -0.277 e. The van der Waals surface area contributed by atoms with Crippen LogP contribution in [-0.2, 0) is 10.0 Å². The third-order valence-corrected chi connectivity index (χ3v) is 4.28. The maximum absolute atomic E-state index is 11.5. The number of hydrogen-bond donors (Lipinski definition) is 1. The highest BCUT2D eigenvalue weighted by atomic mass is 32.2. The summed E-state index contributed by atoms with van der Waals surface area (Å²) in [6.07, 6.45) is 0. The summed E-state index contributed by atoms with van der Waals surface area (Å²) in [4.78, 5) is 11.5. The molecule has 2 rings (SSSR count). The number of sulfonamides is 1. The zero-order valence-electron chi connectivity index (χ0n) is 7.51. The molecular weight excluding hydrogens is 234 g/mol. The molecule has 1 heterocycles. The molecule has 4 nitrogen and oxygen atoms in total. The third-order valence-electron chi connectivity index (χ3n) is 1.93. The Kier molecular flexibility index (Phi) is 2.34. The van der Waals surface area contributed by atoms with Crippen LogP contribution in [0.25, 0.3) is 10.8 Å². The summed E-state index contributed by atoms with van der Waals surface area (Å²) in [5.74, 6) is 0. The predicted octanol–water partition coefficient (Wildman–Crippen LogP) is 0.909. The maximum atomic E-state index is 11.5. The van der Waals surface area contributed by atoms with E-state index >= 15 is 0 Å². The molecule has 2 N–H and O–H groups in total. The van der Waals surface area contributed by atoms with E-state index in [2.05, 4.69) is 0 Å². The lowest BCUT2D eigenvalue weighted by atomic mass is 10.2. The summed E-state index contributed by atoms with van der Waals surface area (Å²) in [6.45, 7) is 0.